The molecule has 1 heterocycles. The number of nitrogens with zero attached hydrogens (tertiary/aromatic N) is 1. The summed E-state index contributed by atoms with van der Waals surface area (Å²) in [6, 6.07) is 21.9. The quantitative estimate of drug-likeness (QED) is 0.907. The zero-order chi connectivity index (χ0) is 16.1. The molecule has 1 aliphatic heterocycles. The third kappa shape index (κ3) is 3.79. The van der Waals surface area contributed by atoms with Crippen molar-refractivity contribution in [1.82, 2.24) is 5.32 Å². The van der Waals surface area contributed by atoms with Crippen molar-refractivity contribution >= 4 is 29.4 Å². The molecule has 2 aromatic carbocycles. The Morgan fingerprint density at radius 1 is 1.09 bits per heavy atom. The molecule has 0 saturated carbocycles. The summed E-state index contributed by atoms with van der Waals surface area (Å²) in [5.41, 5.74) is 2.41. The first-order valence-electron chi connectivity index (χ1n) is 7.11. The smallest absolute Gasteiger partial charge is 0.264 e. The van der Waals surface area contributed by atoms with Crippen LogP contribution in [0.2, 0.25) is 0 Å². The molecule has 0 radical (unpaired) electrons. The summed E-state index contributed by atoms with van der Waals surface area (Å²) in [5.74, 6) is 0.444. The van der Waals surface area contributed by atoms with Gasteiger partial charge in [0.25, 0.3) is 5.91 Å². The second-order valence-electron chi connectivity index (χ2n) is 4.93. The second-order valence-corrected chi connectivity index (χ2v) is 7.29. The normalized spacial score (nSPS) is 17.5. The van der Waals surface area contributed by atoms with E-state index in [4.69, 9.17) is 0 Å². The van der Waals surface area contributed by atoms with E-state index in [1.807, 2.05) is 66.7 Å². The van der Waals surface area contributed by atoms with E-state index >= 15 is 0 Å². The van der Waals surface area contributed by atoms with Crippen molar-refractivity contribution < 1.29 is 4.79 Å². The van der Waals surface area contributed by atoms with Crippen molar-refractivity contribution in [2.45, 2.75) is 11.1 Å². The van der Waals surface area contributed by atoms with Crippen LogP contribution in [-0.4, -0.2) is 5.91 Å². The largest absolute Gasteiger partial charge is 0.335 e. The number of carbonyl (C=O) groups is 1. The standard InChI is InChI=1S/C18H14N2OS2/c19-11-15-16(21)20-17(14-9-5-2-6-10-14)23-18(15)22-12-13-7-3-1-4-8-13/h1-10,17H,12H2,(H,20,21). The maximum Gasteiger partial charge on any atom is 0.264 e. The first-order valence-corrected chi connectivity index (χ1v) is 8.98. The first-order chi connectivity index (χ1) is 11.3. The maximum atomic E-state index is 12.2. The molecule has 1 unspecified atom stereocenters. The number of amides is 1. The molecular weight excluding hydrogens is 324 g/mol. The molecule has 1 amide bonds. The fourth-order valence-corrected chi connectivity index (χ4v) is 4.62. The SMILES string of the molecule is N#CC1=C(SCc2ccccc2)SC(c2ccccc2)NC1=O. The highest BCUT2D eigenvalue weighted by atomic mass is 32.2. The minimum Gasteiger partial charge on any atom is -0.335 e. The summed E-state index contributed by atoms with van der Waals surface area (Å²) in [6.45, 7) is 0. The van der Waals surface area contributed by atoms with E-state index in [0.717, 1.165) is 15.6 Å². The summed E-state index contributed by atoms with van der Waals surface area (Å²) < 4.78 is 0.786. The molecule has 2 aromatic rings. The van der Waals surface area contributed by atoms with Gasteiger partial charge in [-0.05, 0) is 11.1 Å². The van der Waals surface area contributed by atoms with Crippen LogP contribution in [0, 0.1) is 11.3 Å². The van der Waals surface area contributed by atoms with Gasteiger partial charge in [-0.25, -0.2) is 0 Å². The Bertz CT molecular complexity index is 767. The van der Waals surface area contributed by atoms with Crippen LogP contribution in [0.1, 0.15) is 16.5 Å². The Morgan fingerprint density at radius 3 is 2.39 bits per heavy atom. The molecular formula is C18H14N2OS2. The molecule has 0 spiro atoms. The van der Waals surface area contributed by atoms with Crippen LogP contribution in [0.25, 0.3) is 0 Å². The lowest BCUT2D eigenvalue weighted by Gasteiger charge is -2.25. The molecule has 0 aliphatic carbocycles. The van der Waals surface area contributed by atoms with Gasteiger partial charge >= 0.3 is 0 Å². The lowest BCUT2D eigenvalue weighted by atomic mass is 10.2. The molecule has 1 N–H and O–H groups in total. The Balaban J connectivity index is 1.80. The zero-order valence-electron chi connectivity index (χ0n) is 12.2. The van der Waals surface area contributed by atoms with E-state index in [1.165, 1.54) is 17.3 Å². The molecule has 0 aromatic heterocycles. The maximum absolute atomic E-state index is 12.2. The minimum atomic E-state index is -0.296. The minimum absolute atomic E-state index is 0.154. The number of benzene rings is 2. The highest BCUT2D eigenvalue weighted by Gasteiger charge is 2.28. The van der Waals surface area contributed by atoms with Crippen molar-refractivity contribution in [3.63, 3.8) is 0 Å². The molecule has 1 atom stereocenters. The van der Waals surface area contributed by atoms with Gasteiger partial charge in [-0.15, -0.1) is 11.8 Å². The van der Waals surface area contributed by atoms with Crippen LogP contribution in [0.4, 0.5) is 0 Å². The molecule has 3 nitrogen and oxygen atoms in total. The summed E-state index contributed by atoms with van der Waals surface area (Å²) in [4.78, 5) is 12.2. The zero-order valence-corrected chi connectivity index (χ0v) is 13.9. The monoisotopic (exact) mass is 338 g/mol. The van der Waals surface area contributed by atoms with Crippen LogP contribution in [0.5, 0.6) is 0 Å². The van der Waals surface area contributed by atoms with Gasteiger partial charge in [0.1, 0.15) is 17.0 Å². The summed E-state index contributed by atoms with van der Waals surface area (Å²) >= 11 is 3.07. The summed E-state index contributed by atoms with van der Waals surface area (Å²) in [6.07, 6.45) is 0. The van der Waals surface area contributed by atoms with Crippen LogP contribution in [-0.2, 0) is 10.5 Å². The average molecular weight is 338 g/mol. The lowest BCUT2D eigenvalue weighted by molar-refractivity contribution is -0.117. The Morgan fingerprint density at radius 2 is 1.74 bits per heavy atom. The summed E-state index contributed by atoms with van der Waals surface area (Å²) in [7, 11) is 0. The molecule has 0 saturated heterocycles. The molecule has 114 valence electrons. The Kier molecular flexibility index (Phi) is 5.06. The molecule has 3 rings (SSSR count). The van der Waals surface area contributed by atoms with E-state index in [-0.39, 0.29) is 16.9 Å². The average Bonchev–Trinajstić information content (AvgIpc) is 2.61. The van der Waals surface area contributed by atoms with Gasteiger partial charge in [0.05, 0.1) is 4.24 Å². The predicted molar refractivity (Wildman–Crippen MR) is 95.3 cm³/mol. The van der Waals surface area contributed by atoms with Crippen LogP contribution in [0.3, 0.4) is 0 Å². The van der Waals surface area contributed by atoms with Crippen molar-refractivity contribution in [1.29, 1.82) is 5.26 Å². The number of nitrogens with one attached hydrogen (secondary N) is 1. The molecule has 0 bridgehead atoms. The third-order valence-electron chi connectivity index (χ3n) is 3.35. The first kappa shape index (κ1) is 15.7. The number of hydrogen-bond acceptors (Lipinski definition) is 4. The second kappa shape index (κ2) is 7.40. The van der Waals surface area contributed by atoms with Gasteiger partial charge < -0.3 is 5.32 Å². The van der Waals surface area contributed by atoms with Crippen molar-refractivity contribution in [3.8, 4) is 6.07 Å². The number of thioether (sulfide) groups is 2. The molecule has 0 fully saturated rings. The number of hydrogen-bond donors (Lipinski definition) is 1. The fourth-order valence-electron chi connectivity index (χ4n) is 2.18. The highest BCUT2D eigenvalue weighted by molar-refractivity contribution is 8.22. The molecule has 23 heavy (non-hydrogen) atoms. The van der Waals surface area contributed by atoms with Crippen LogP contribution >= 0.6 is 23.5 Å². The van der Waals surface area contributed by atoms with E-state index in [2.05, 4.69) is 5.32 Å². The van der Waals surface area contributed by atoms with E-state index in [9.17, 15) is 10.1 Å². The summed E-state index contributed by atoms with van der Waals surface area (Å²) in [5, 5.41) is 12.0. The number of rotatable bonds is 4. The topological polar surface area (TPSA) is 52.9 Å². The predicted octanol–water partition coefficient (Wildman–Crippen LogP) is 4.22. The lowest BCUT2D eigenvalue weighted by Crippen LogP contribution is -2.31. The van der Waals surface area contributed by atoms with Crippen molar-refractivity contribution in [2.24, 2.45) is 0 Å². The van der Waals surface area contributed by atoms with Crippen molar-refractivity contribution in [2.75, 3.05) is 0 Å². The van der Waals surface area contributed by atoms with E-state index in [0.29, 0.717) is 0 Å². The molecule has 5 heteroatoms. The van der Waals surface area contributed by atoms with Gasteiger partial charge in [0.2, 0.25) is 0 Å². The van der Waals surface area contributed by atoms with Crippen LogP contribution in [0.15, 0.2) is 70.5 Å². The van der Waals surface area contributed by atoms with E-state index < -0.39 is 0 Å². The van der Waals surface area contributed by atoms with Gasteiger partial charge in [-0.1, -0.05) is 72.4 Å². The number of carbonyl (C=O) groups excluding carboxylic acids is 1. The number of nitriles is 1. The van der Waals surface area contributed by atoms with E-state index in [1.54, 1.807) is 11.8 Å². The Labute approximate surface area is 143 Å². The molecule has 1 aliphatic rings. The van der Waals surface area contributed by atoms with Gasteiger partial charge in [0, 0.05) is 5.75 Å². The van der Waals surface area contributed by atoms with Gasteiger partial charge in [-0.3, -0.25) is 4.79 Å². The highest BCUT2D eigenvalue weighted by Crippen LogP contribution is 2.44. The van der Waals surface area contributed by atoms with Gasteiger partial charge in [0.15, 0.2) is 0 Å². The fraction of sp³-hybridized carbons (Fsp3) is 0.111. The Hall–Kier alpha value is -2.16. The van der Waals surface area contributed by atoms with Gasteiger partial charge in [-0.2, -0.15) is 5.26 Å². The third-order valence-corrected chi connectivity index (χ3v) is 5.98. The van der Waals surface area contributed by atoms with Crippen molar-refractivity contribution in [3.05, 3.63) is 81.6 Å². The van der Waals surface area contributed by atoms with Crippen LogP contribution < -0.4 is 5.32 Å².